The highest BCUT2D eigenvalue weighted by molar-refractivity contribution is 5.99. The van der Waals surface area contributed by atoms with E-state index in [1.807, 2.05) is 60.7 Å². The van der Waals surface area contributed by atoms with E-state index in [0.29, 0.717) is 17.1 Å². The fourth-order valence-corrected chi connectivity index (χ4v) is 3.37. The quantitative estimate of drug-likeness (QED) is 0.266. The normalized spacial score (nSPS) is 10.1. The summed E-state index contributed by atoms with van der Waals surface area (Å²) in [5, 5.41) is 9.28. The first-order valence-electron chi connectivity index (χ1n) is 10.3. The van der Waals surface area contributed by atoms with E-state index in [0.717, 1.165) is 22.3 Å². The van der Waals surface area contributed by atoms with E-state index in [1.165, 1.54) is 7.11 Å². The average molecular weight is 451 g/mol. The van der Waals surface area contributed by atoms with Gasteiger partial charge < -0.3 is 9.47 Å². The molecule has 34 heavy (non-hydrogen) atoms. The molecule has 2 aromatic carbocycles. The lowest BCUT2D eigenvalue weighted by Crippen LogP contribution is -2.20. The van der Waals surface area contributed by atoms with Crippen molar-refractivity contribution < 1.29 is 19.5 Å². The molecule has 0 bridgehead atoms. The Morgan fingerprint density at radius 2 is 1.62 bits per heavy atom. The molecule has 0 fully saturated rings. The predicted molar refractivity (Wildman–Crippen MR) is 128 cm³/mol. The Kier molecular flexibility index (Phi) is 6.82. The third kappa shape index (κ3) is 4.88. The van der Waals surface area contributed by atoms with Crippen LogP contribution < -0.4 is 15.0 Å². The van der Waals surface area contributed by atoms with E-state index in [4.69, 9.17) is 14.5 Å². The number of aromatic nitrogens is 2. The molecule has 2 heterocycles. The molecule has 0 saturated carbocycles. The number of ether oxygens (including phenoxy) is 2. The second kappa shape index (κ2) is 10.3. The summed E-state index contributed by atoms with van der Waals surface area (Å²) in [6, 6.07) is 20.0. The molecular weight excluding hydrogens is 430 g/mol. The Bertz CT molecular complexity index is 1360. The number of methoxy groups -OCH3 is 2. The second-order valence-electron chi connectivity index (χ2n) is 7.18. The zero-order chi connectivity index (χ0) is 23.9. The number of carbonyl (C=O) groups excluding carboxylic acids is 1. The van der Waals surface area contributed by atoms with Crippen LogP contribution in [0.1, 0.15) is 21.5 Å². The molecule has 4 rings (SSSR count). The van der Waals surface area contributed by atoms with E-state index in [-0.39, 0.29) is 11.3 Å². The van der Waals surface area contributed by atoms with E-state index < -0.39 is 5.91 Å². The molecule has 7 nitrogen and oxygen atoms in total. The van der Waals surface area contributed by atoms with Gasteiger partial charge in [-0.3, -0.25) is 15.0 Å². The van der Waals surface area contributed by atoms with Crippen LogP contribution in [0.5, 0.6) is 11.5 Å². The molecule has 4 aromatic rings. The Morgan fingerprint density at radius 3 is 2.24 bits per heavy atom. The first-order valence-corrected chi connectivity index (χ1v) is 10.3. The highest BCUT2D eigenvalue weighted by Crippen LogP contribution is 2.35. The average Bonchev–Trinajstić information content (AvgIpc) is 2.91. The van der Waals surface area contributed by atoms with Gasteiger partial charge in [-0.2, -0.15) is 0 Å². The number of carbonyl (C=O) groups is 1. The molecule has 0 saturated heterocycles. The Balaban J connectivity index is 1.77. The van der Waals surface area contributed by atoms with Crippen molar-refractivity contribution in [2.45, 2.75) is 0 Å². The number of benzene rings is 2. The molecule has 7 heteroatoms. The minimum atomic E-state index is -0.700. The third-order valence-corrected chi connectivity index (χ3v) is 5.08. The van der Waals surface area contributed by atoms with E-state index in [1.54, 1.807) is 31.0 Å². The van der Waals surface area contributed by atoms with Gasteiger partial charge in [-0.1, -0.05) is 24.0 Å². The molecule has 0 radical (unpaired) electrons. The summed E-state index contributed by atoms with van der Waals surface area (Å²) in [4.78, 5) is 21.3. The van der Waals surface area contributed by atoms with Crippen LogP contribution in [0.25, 0.3) is 22.5 Å². The Labute approximate surface area is 197 Å². The van der Waals surface area contributed by atoms with Crippen molar-refractivity contribution in [1.82, 2.24) is 15.4 Å². The molecule has 2 N–H and O–H groups in total. The highest BCUT2D eigenvalue weighted by Gasteiger charge is 2.21. The van der Waals surface area contributed by atoms with Crippen LogP contribution >= 0.6 is 0 Å². The largest absolute Gasteiger partial charge is 0.497 e. The fraction of sp³-hybridized carbons (Fsp3) is 0.0741. The summed E-state index contributed by atoms with van der Waals surface area (Å²) in [5.74, 6) is 6.43. The maximum absolute atomic E-state index is 12.4. The Hall–Kier alpha value is -4.67. The summed E-state index contributed by atoms with van der Waals surface area (Å²) < 4.78 is 10.7. The second-order valence-corrected chi connectivity index (χ2v) is 7.18. The van der Waals surface area contributed by atoms with Gasteiger partial charge in [0.25, 0.3) is 5.91 Å². The van der Waals surface area contributed by atoms with Crippen LogP contribution in [0.4, 0.5) is 0 Å². The lowest BCUT2D eigenvalue weighted by atomic mass is 10.0. The van der Waals surface area contributed by atoms with Gasteiger partial charge in [-0.05, 0) is 54.6 Å². The van der Waals surface area contributed by atoms with Crippen molar-refractivity contribution in [2.75, 3.05) is 14.2 Å². The topological polar surface area (TPSA) is 93.6 Å². The minimum absolute atomic E-state index is 0.154. The van der Waals surface area contributed by atoms with E-state index in [2.05, 4.69) is 16.8 Å². The van der Waals surface area contributed by atoms with Crippen molar-refractivity contribution in [3.8, 4) is 45.9 Å². The number of hydroxylamine groups is 1. The fourth-order valence-electron chi connectivity index (χ4n) is 3.37. The van der Waals surface area contributed by atoms with Crippen LogP contribution in [0, 0.1) is 11.8 Å². The van der Waals surface area contributed by atoms with Crippen molar-refractivity contribution >= 4 is 5.91 Å². The van der Waals surface area contributed by atoms with Gasteiger partial charge in [-0.15, -0.1) is 0 Å². The molecule has 0 aliphatic rings. The highest BCUT2D eigenvalue weighted by atomic mass is 16.5. The van der Waals surface area contributed by atoms with Gasteiger partial charge >= 0.3 is 0 Å². The van der Waals surface area contributed by atoms with Crippen molar-refractivity contribution in [2.24, 2.45) is 0 Å². The number of amides is 1. The first-order chi connectivity index (χ1) is 16.6. The number of hydrogen-bond donors (Lipinski definition) is 2. The molecule has 0 unspecified atom stereocenters. The standard InChI is InChI=1S/C27H21N3O4/c1-33-22-13-11-20(12-14-22)24-16-23(27(31)30-32)26(34-2)25(29-24)21-9-7-18(8-10-21)5-6-19-4-3-15-28-17-19/h3-4,7-17,32H,1-2H3,(H,30,31). The molecule has 1 amide bonds. The summed E-state index contributed by atoms with van der Waals surface area (Å²) in [5.41, 5.74) is 5.97. The molecular formula is C27H21N3O4. The summed E-state index contributed by atoms with van der Waals surface area (Å²) in [6.07, 6.45) is 3.40. The monoisotopic (exact) mass is 451 g/mol. The van der Waals surface area contributed by atoms with Gasteiger partial charge in [0.15, 0.2) is 5.75 Å². The molecule has 2 aromatic heterocycles. The molecule has 0 aliphatic carbocycles. The number of nitrogens with one attached hydrogen (secondary N) is 1. The van der Waals surface area contributed by atoms with Gasteiger partial charge in [0.1, 0.15) is 11.4 Å². The van der Waals surface area contributed by atoms with Crippen LogP contribution in [0.2, 0.25) is 0 Å². The van der Waals surface area contributed by atoms with Crippen molar-refractivity contribution in [1.29, 1.82) is 0 Å². The molecule has 168 valence electrons. The zero-order valence-corrected chi connectivity index (χ0v) is 18.6. The Morgan fingerprint density at radius 1 is 0.912 bits per heavy atom. The van der Waals surface area contributed by atoms with E-state index in [9.17, 15) is 10.0 Å². The zero-order valence-electron chi connectivity index (χ0n) is 18.6. The summed E-state index contributed by atoms with van der Waals surface area (Å²) in [7, 11) is 3.04. The number of nitrogens with zero attached hydrogens (tertiary/aromatic N) is 2. The van der Waals surface area contributed by atoms with Crippen LogP contribution in [0.3, 0.4) is 0 Å². The SMILES string of the molecule is COc1ccc(-c2cc(C(=O)NO)c(OC)c(-c3ccc(C#Cc4cccnc4)cc3)n2)cc1. The first kappa shape index (κ1) is 22.5. The minimum Gasteiger partial charge on any atom is -0.497 e. The predicted octanol–water partition coefficient (Wildman–Crippen LogP) is 4.35. The van der Waals surface area contributed by atoms with Gasteiger partial charge in [0.05, 0.1) is 25.5 Å². The number of hydrogen-bond acceptors (Lipinski definition) is 6. The van der Waals surface area contributed by atoms with Crippen molar-refractivity contribution in [3.05, 3.63) is 95.8 Å². The van der Waals surface area contributed by atoms with Crippen LogP contribution in [-0.4, -0.2) is 35.3 Å². The van der Waals surface area contributed by atoms with Gasteiger partial charge in [0.2, 0.25) is 0 Å². The maximum atomic E-state index is 12.4. The summed E-state index contributed by atoms with van der Waals surface area (Å²) in [6.45, 7) is 0. The van der Waals surface area contributed by atoms with E-state index >= 15 is 0 Å². The van der Waals surface area contributed by atoms with Crippen LogP contribution in [0.15, 0.2) is 79.1 Å². The number of rotatable bonds is 5. The smallest absolute Gasteiger partial charge is 0.278 e. The van der Waals surface area contributed by atoms with Gasteiger partial charge in [0, 0.05) is 34.6 Å². The molecule has 0 spiro atoms. The lowest BCUT2D eigenvalue weighted by molar-refractivity contribution is 0.0703. The molecule has 0 aliphatic heterocycles. The number of pyridine rings is 2. The summed E-state index contributed by atoms with van der Waals surface area (Å²) >= 11 is 0. The maximum Gasteiger partial charge on any atom is 0.278 e. The van der Waals surface area contributed by atoms with Crippen LogP contribution in [-0.2, 0) is 0 Å². The molecule has 0 atom stereocenters. The van der Waals surface area contributed by atoms with Gasteiger partial charge in [-0.25, -0.2) is 10.5 Å². The third-order valence-electron chi connectivity index (χ3n) is 5.08. The van der Waals surface area contributed by atoms with Crippen molar-refractivity contribution in [3.63, 3.8) is 0 Å². The lowest BCUT2D eigenvalue weighted by Gasteiger charge is -2.15.